The van der Waals surface area contributed by atoms with Crippen LogP contribution in [0.1, 0.15) is 0 Å². The van der Waals surface area contributed by atoms with Gasteiger partial charge in [0, 0.05) is 0 Å². The maximum atomic E-state index is 4.89. The normalized spacial score (nSPS) is 7.20. The van der Waals surface area contributed by atoms with E-state index in [0.29, 0.717) is 0 Å². The molecule has 0 aliphatic carbocycles. The number of hydrogen-bond acceptors (Lipinski definition) is 1. The fourth-order valence-corrected chi connectivity index (χ4v) is 0. The molecule has 0 unspecified atom stereocenters. The Kier molecular flexibility index (Phi) is 2.12. The Morgan fingerprint density at radius 2 is 2.20 bits per heavy atom. The van der Waals surface area contributed by atoms with Crippen LogP contribution in [0.15, 0.2) is 0 Å². The number of rotatable bonds is 0. The zero-order valence-electron chi connectivity index (χ0n) is 2.93. The van der Waals surface area contributed by atoms with Crippen molar-refractivity contribution in [3.63, 3.8) is 0 Å². The molecule has 4 heteroatoms. The van der Waals surface area contributed by atoms with Crippen LogP contribution in [0.5, 0.6) is 0 Å². The molecule has 0 atom stereocenters. The van der Waals surface area contributed by atoms with E-state index in [1.54, 1.807) is 0 Å². The summed E-state index contributed by atoms with van der Waals surface area (Å²) in [5.74, 6) is 0. The van der Waals surface area contributed by atoms with Gasteiger partial charge in [-0.3, -0.25) is 0 Å². The lowest BCUT2D eigenvalue weighted by atomic mass is 11.3. The summed E-state index contributed by atoms with van der Waals surface area (Å²) in [7, 11) is 0.732. The van der Waals surface area contributed by atoms with Crippen molar-refractivity contribution in [3.8, 4) is 0 Å². The summed E-state index contributed by atoms with van der Waals surface area (Å²) in [5, 5.41) is 0.275. The highest BCUT2D eigenvalue weighted by Gasteiger charge is 1.69. The van der Waals surface area contributed by atoms with Gasteiger partial charge in [0.2, 0.25) is 0 Å². The number of nitrogens with two attached hydrogens (primary N) is 1. The Bertz CT molecular complexity index is 44.9. The molecule has 0 aliphatic heterocycles. The topological polar surface area (TPSA) is 40.1 Å². The zero-order chi connectivity index (χ0) is 4.28. The van der Waals surface area contributed by atoms with Gasteiger partial charge in [-0.05, 0) is 12.2 Å². The van der Waals surface area contributed by atoms with Crippen LogP contribution >= 0.6 is 12.2 Å². The van der Waals surface area contributed by atoms with Gasteiger partial charge in [-0.25, -0.2) is 0 Å². The first-order chi connectivity index (χ1) is 2.27. The van der Waals surface area contributed by atoms with Crippen LogP contribution in [-0.4, -0.2) is 15.5 Å². The minimum absolute atomic E-state index is 0.275. The van der Waals surface area contributed by atoms with Gasteiger partial charge in [-0.15, -0.1) is 0 Å². The van der Waals surface area contributed by atoms with Crippen molar-refractivity contribution >= 4 is 27.7 Å². The Labute approximate surface area is 39.2 Å². The molecule has 0 saturated heterocycles. The summed E-state index contributed by atoms with van der Waals surface area (Å²) >= 11 is 4.34. The van der Waals surface area contributed by atoms with E-state index in [1.807, 2.05) is 0 Å². The van der Waals surface area contributed by atoms with E-state index in [0.717, 1.165) is 10.4 Å². The molecule has 5 heavy (non-hydrogen) atoms. The van der Waals surface area contributed by atoms with Gasteiger partial charge in [-0.1, -0.05) is 0 Å². The first kappa shape index (κ1) is 4.91. The lowest BCUT2D eigenvalue weighted by molar-refractivity contribution is 1.45. The van der Waals surface area contributed by atoms with Gasteiger partial charge >= 0.3 is 0 Å². The quantitative estimate of drug-likeness (QED) is 0.289. The highest BCUT2D eigenvalue weighted by atomic mass is 32.1. The SMILES string of the molecule is NC(=S)[N][SiH3]. The van der Waals surface area contributed by atoms with Crippen LogP contribution in [0, 0.1) is 0 Å². The zero-order valence-corrected chi connectivity index (χ0v) is 5.75. The molecule has 0 bridgehead atoms. The van der Waals surface area contributed by atoms with Gasteiger partial charge in [0.25, 0.3) is 0 Å². The summed E-state index contributed by atoms with van der Waals surface area (Å²) in [4.78, 5) is 3.54. The third kappa shape index (κ3) is 3.91. The van der Waals surface area contributed by atoms with Crippen molar-refractivity contribution < 1.29 is 0 Å². The third-order valence-corrected chi connectivity index (χ3v) is 1.21. The predicted molar refractivity (Wildman–Crippen MR) is 28.9 cm³/mol. The maximum absolute atomic E-state index is 4.89. The smallest absolute Gasteiger partial charge is 0.175 e. The van der Waals surface area contributed by atoms with E-state index >= 15 is 0 Å². The molecule has 0 aromatic rings. The summed E-state index contributed by atoms with van der Waals surface area (Å²) in [6, 6.07) is 0. The van der Waals surface area contributed by atoms with Crippen molar-refractivity contribution in [3.05, 3.63) is 0 Å². The molecule has 0 aromatic carbocycles. The molecule has 0 aromatic heterocycles. The van der Waals surface area contributed by atoms with Gasteiger partial charge in [-0.2, -0.15) is 0 Å². The largest absolute Gasteiger partial charge is 0.375 e. The first-order valence-electron chi connectivity index (χ1n) is 1.16. The molecule has 0 heterocycles. The fourth-order valence-electron chi connectivity index (χ4n) is 0. The molecule has 0 spiro atoms. The van der Waals surface area contributed by atoms with Crippen LogP contribution in [0.4, 0.5) is 0 Å². The standard InChI is InChI=1S/CH5N2SSi/c2-1(4)3-5/h5H3,(H2,2,4). The second-order valence-corrected chi connectivity index (χ2v) is 1.43. The first-order valence-corrected chi connectivity index (χ1v) is 2.47. The molecular formula is CH5N2SSi. The highest BCUT2D eigenvalue weighted by molar-refractivity contribution is 7.80. The summed E-state index contributed by atoms with van der Waals surface area (Å²) < 4.78 is 0. The Morgan fingerprint density at radius 3 is 2.20 bits per heavy atom. The molecule has 0 fully saturated rings. The van der Waals surface area contributed by atoms with Gasteiger partial charge in [0.1, 0.15) is 10.4 Å². The molecule has 2 nitrogen and oxygen atoms in total. The van der Waals surface area contributed by atoms with Gasteiger partial charge < -0.3 is 10.7 Å². The molecule has 1 radical (unpaired) electrons. The second-order valence-electron chi connectivity index (χ2n) is 0.562. The predicted octanol–water partition coefficient (Wildman–Crippen LogP) is -1.89. The van der Waals surface area contributed by atoms with Gasteiger partial charge in [0.15, 0.2) is 5.11 Å². The minimum Gasteiger partial charge on any atom is -0.375 e. The molecule has 0 saturated carbocycles. The minimum atomic E-state index is 0.275. The summed E-state index contributed by atoms with van der Waals surface area (Å²) in [5.41, 5.74) is 4.89. The lowest BCUT2D eigenvalue weighted by Crippen LogP contribution is -2.18. The Morgan fingerprint density at radius 1 is 2.00 bits per heavy atom. The van der Waals surface area contributed by atoms with Crippen molar-refractivity contribution in [2.45, 2.75) is 0 Å². The van der Waals surface area contributed by atoms with Crippen LogP contribution in [0.2, 0.25) is 0 Å². The van der Waals surface area contributed by atoms with E-state index in [-0.39, 0.29) is 5.11 Å². The second kappa shape index (κ2) is 2.16. The average molecular weight is 105 g/mol. The summed E-state index contributed by atoms with van der Waals surface area (Å²) in [6.07, 6.45) is 0. The van der Waals surface area contributed by atoms with Crippen molar-refractivity contribution in [1.82, 2.24) is 4.98 Å². The monoisotopic (exact) mass is 105 g/mol. The van der Waals surface area contributed by atoms with E-state index < -0.39 is 0 Å². The van der Waals surface area contributed by atoms with Crippen molar-refractivity contribution in [1.29, 1.82) is 0 Å². The van der Waals surface area contributed by atoms with E-state index in [1.165, 1.54) is 0 Å². The molecular weight excluding hydrogens is 100 g/mol. The Hall–Kier alpha value is -0.0931. The average Bonchev–Trinajstić information content (AvgIpc) is 1.38. The third-order valence-electron chi connectivity index (χ3n) is 0.220. The van der Waals surface area contributed by atoms with Crippen LogP contribution in [0.3, 0.4) is 0 Å². The highest BCUT2D eigenvalue weighted by Crippen LogP contribution is 1.46. The van der Waals surface area contributed by atoms with Gasteiger partial charge in [0.05, 0.1) is 0 Å². The van der Waals surface area contributed by atoms with E-state index in [9.17, 15) is 0 Å². The van der Waals surface area contributed by atoms with E-state index in [4.69, 9.17) is 5.73 Å². The van der Waals surface area contributed by atoms with Crippen molar-refractivity contribution in [2.24, 2.45) is 5.73 Å². The number of thiocarbonyl (C=S) groups is 1. The number of nitrogens with zero attached hydrogens (tertiary/aromatic N) is 1. The van der Waals surface area contributed by atoms with Crippen LogP contribution < -0.4 is 10.7 Å². The molecule has 0 rings (SSSR count). The molecule has 2 N–H and O–H groups in total. The van der Waals surface area contributed by atoms with E-state index in [2.05, 4.69) is 17.2 Å². The summed E-state index contributed by atoms with van der Waals surface area (Å²) in [6.45, 7) is 0. The molecule has 29 valence electrons. The van der Waals surface area contributed by atoms with Crippen LogP contribution in [0.25, 0.3) is 0 Å². The maximum Gasteiger partial charge on any atom is 0.175 e. The Balaban J connectivity index is 2.85. The lowest BCUT2D eigenvalue weighted by Gasteiger charge is -1.81. The molecule has 0 amide bonds. The molecule has 0 aliphatic rings. The van der Waals surface area contributed by atoms with Crippen molar-refractivity contribution in [2.75, 3.05) is 0 Å². The fraction of sp³-hybridized carbons (Fsp3) is 0. The van der Waals surface area contributed by atoms with Crippen LogP contribution in [-0.2, 0) is 0 Å². The number of hydrogen-bond donors (Lipinski definition) is 1.